The van der Waals surface area contributed by atoms with E-state index in [0.717, 1.165) is 0 Å². The molecule has 0 aliphatic carbocycles. The molecule has 2 N–H and O–H groups in total. The summed E-state index contributed by atoms with van der Waals surface area (Å²) in [6, 6.07) is 6.15. The zero-order chi connectivity index (χ0) is 16.4. The van der Waals surface area contributed by atoms with Gasteiger partial charge in [0.25, 0.3) is 0 Å². The topological polar surface area (TPSA) is 92.4 Å². The van der Waals surface area contributed by atoms with Crippen LogP contribution >= 0.6 is 0 Å². The van der Waals surface area contributed by atoms with Gasteiger partial charge in [-0.05, 0) is 45.0 Å². The fraction of sp³-hybridized carbons (Fsp3) is 0.400. The van der Waals surface area contributed by atoms with Crippen molar-refractivity contribution in [1.82, 2.24) is 4.98 Å². The van der Waals surface area contributed by atoms with Gasteiger partial charge in [0.15, 0.2) is 14.9 Å². The Bertz CT molecular complexity index is 701. The number of rotatable bonds is 5. The Balaban J connectivity index is 2.19. The van der Waals surface area contributed by atoms with Gasteiger partial charge in [-0.1, -0.05) is 0 Å². The lowest BCUT2D eigenvalue weighted by atomic mass is 10.2. The number of sulfone groups is 1. The fourth-order valence-corrected chi connectivity index (χ4v) is 2.90. The minimum Gasteiger partial charge on any atom is -0.467 e. The molecule has 0 saturated carbocycles. The van der Waals surface area contributed by atoms with Gasteiger partial charge in [-0.3, -0.25) is 0 Å². The SMILES string of the molecule is CC(C)(C)S(=O)(=O)c1ccc(N[C@@H](CO)c2ccco2)cn1. The van der Waals surface area contributed by atoms with E-state index in [-0.39, 0.29) is 11.6 Å². The summed E-state index contributed by atoms with van der Waals surface area (Å²) in [6.07, 6.45) is 2.96. The molecular weight excluding hydrogens is 304 g/mol. The third-order valence-corrected chi connectivity index (χ3v) is 5.63. The molecule has 2 rings (SSSR count). The van der Waals surface area contributed by atoms with E-state index in [4.69, 9.17) is 4.42 Å². The van der Waals surface area contributed by atoms with E-state index in [9.17, 15) is 13.5 Å². The third-order valence-electron chi connectivity index (χ3n) is 3.23. The number of aromatic nitrogens is 1. The largest absolute Gasteiger partial charge is 0.467 e. The molecule has 0 unspecified atom stereocenters. The van der Waals surface area contributed by atoms with Crippen LogP contribution in [0.4, 0.5) is 5.69 Å². The van der Waals surface area contributed by atoms with E-state index < -0.39 is 20.6 Å². The highest BCUT2D eigenvalue weighted by Gasteiger charge is 2.32. The maximum absolute atomic E-state index is 12.3. The van der Waals surface area contributed by atoms with Crippen molar-refractivity contribution in [3.8, 4) is 0 Å². The van der Waals surface area contributed by atoms with Crippen LogP contribution in [0.1, 0.15) is 32.6 Å². The molecule has 22 heavy (non-hydrogen) atoms. The minimum atomic E-state index is -3.48. The first-order valence-electron chi connectivity index (χ1n) is 6.87. The predicted molar refractivity (Wildman–Crippen MR) is 83.3 cm³/mol. The van der Waals surface area contributed by atoms with Crippen LogP contribution in [-0.4, -0.2) is 29.9 Å². The molecule has 0 saturated heterocycles. The molecule has 1 atom stereocenters. The first-order chi connectivity index (χ1) is 10.3. The highest BCUT2D eigenvalue weighted by molar-refractivity contribution is 7.92. The standard InChI is InChI=1S/C15H20N2O4S/c1-15(2,3)22(19,20)14-7-6-11(9-16-14)17-12(10-18)13-5-4-8-21-13/h4-9,12,17-18H,10H2,1-3H3/t12-/m0/s1. The molecule has 0 aromatic carbocycles. The van der Waals surface area contributed by atoms with Crippen LogP contribution < -0.4 is 5.32 Å². The summed E-state index contributed by atoms with van der Waals surface area (Å²) in [4.78, 5) is 4.02. The van der Waals surface area contributed by atoms with Gasteiger partial charge in [0.1, 0.15) is 11.8 Å². The van der Waals surface area contributed by atoms with Gasteiger partial charge in [-0.2, -0.15) is 0 Å². The molecule has 0 amide bonds. The van der Waals surface area contributed by atoms with E-state index in [2.05, 4.69) is 10.3 Å². The quantitative estimate of drug-likeness (QED) is 0.877. The van der Waals surface area contributed by atoms with Gasteiger partial charge in [-0.15, -0.1) is 0 Å². The zero-order valence-electron chi connectivity index (χ0n) is 12.8. The van der Waals surface area contributed by atoms with Gasteiger partial charge < -0.3 is 14.8 Å². The van der Waals surface area contributed by atoms with Crippen LogP contribution in [0.25, 0.3) is 0 Å². The van der Waals surface area contributed by atoms with E-state index in [1.807, 2.05) is 0 Å². The van der Waals surface area contributed by atoms with Crippen molar-refractivity contribution in [3.63, 3.8) is 0 Å². The molecule has 2 aromatic rings. The highest BCUT2D eigenvalue weighted by atomic mass is 32.2. The molecule has 0 bridgehead atoms. The molecular formula is C15H20N2O4S. The molecule has 2 heterocycles. The van der Waals surface area contributed by atoms with E-state index in [1.54, 1.807) is 39.0 Å². The van der Waals surface area contributed by atoms with Crippen LogP contribution in [-0.2, 0) is 9.84 Å². The van der Waals surface area contributed by atoms with E-state index in [0.29, 0.717) is 11.4 Å². The molecule has 120 valence electrons. The second kappa shape index (κ2) is 6.10. The molecule has 7 heteroatoms. The van der Waals surface area contributed by atoms with Gasteiger partial charge in [0.2, 0.25) is 0 Å². The number of aliphatic hydroxyl groups is 1. The summed E-state index contributed by atoms with van der Waals surface area (Å²) >= 11 is 0. The Labute approximate surface area is 130 Å². The average molecular weight is 324 g/mol. The molecule has 0 fully saturated rings. The summed E-state index contributed by atoms with van der Waals surface area (Å²) < 4.78 is 28.9. The Kier molecular flexibility index (Phi) is 4.58. The zero-order valence-corrected chi connectivity index (χ0v) is 13.6. The lowest BCUT2D eigenvalue weighted by Gasteiger charge is -2.19. The number of pyridine rings is 1. The second-order valence-corrected chi connectivity index (χ2v) is 8.55. The number of anilines is 1. The van der Waals surface area contributed by atoms with Gasteiger partial charge >= 0.3 is 0 Å². The smallest absolute Gasteiger partial charge is 0.200 e. The van der Waals surface area contributed by atoms with Crippen molar-refractivity contribution in [2.75, 3.05) is 11.9 Å². The lowest BCUT2D eigenvalue weighted by molar-refractivity contribution is 0.261. The Morgan fingerprint density at radius 2 is 2.05 bits per heavy atom. The number of hydrogen-bond acceptors (Lipinski definition) is 6. The van der Waals surface area contributed by atoms with Crippen molar-refractivity contribution < 1.29 is 17.9 Å². The number of furan rings is 1. The van der Waals surface area contributed by atoms with Crippen LogP contribution in [0.15, 0.2) is 46.2 Å². The van der Waals surface area contributed by atoms with Crippen molar-refractivity contribution in [2.24, 2.45) is 0 Å². The lowest BCUT2D eigenvalue weighted by Crippen LogP contribution is -2.28. The first kappa shape index (κ1) is 16.5. The van der Waals surface area contributed by atoms with Crippen molar-refractivity contribution in [3.05, 3.63) is 42.5 Å². The molecule has 0 aliphatic rings. The van der Waals surface area contributed by atoms with Gasteiger partial charge in [0, 0.05) is 0 Å². The summed E-state index contributed by atoms with van der Waals surface area (Å²) in [6.45, 7) is 4.74. The first-order valence-corrected chi connectivity index (χ1v) is 8.35. The Morgan fingerprint density at radius 1 is 1.32 bits per heavy atom. The Hall–Kier alpha value is -1.86. The van der Waals surface area contributed by atoms with Crippen LogP contribution in [0.3, 0.4) is 0 Å². The summed E-state index contributed by atoms with van der Waals surface area (Å²) in [5.74, 6) is 0.592. The number of hydrogen-bond donors (Lipinski definition) is 2. The van der Waals surface area contributed by atoms with Crippen LogP contribution in [0.2, 0.25) is 0 Å². The highest BCUT2D eigenvalue weighted by Crippen LogP contribution is 2.25. The predicted octanol–water partition coefficient (Wildman–Crippen LogP) is 2.39. The molecule has 0 radical (unpaired) electrons. The number of nitrogens with one attached hydrogen (secondary N) is 1. The fourth-order valence-electron chi connectivity index (χ4n) is 1.84. The van der Waals surface area contributed by atoms with Crippen molar-refractivity contribution in [2.45, 2.75) is 36.6 Å². The third kappa shape index (κ3) is 3.31. The maximum Gasteiger partial charge on any atom is 0.200 e. The summed E-state index contributed by atoms with van der Waals surface area (Å²) in [7, 11) is -3.48. The van der Waals surface area contributed by atoms with Gasteiger partial charge in [-0.25, -0.2) is 13.4 Å². The molecule has 0 aliphatic heterocycles. The average Bonchev–Trinajstić information content (AvgIpc) is 2.98. The normalized spacial score (nSPS) is 13.8. The van der Waals surface area contributed by atoms with E-state index >= 15 is 0 Å². The second-order valence-electron chi connectivity index (χ2n) is 5.90. The van der Waals surface area contributed by atoms with Crippen LogP contribution in [0.5, 0.6) is 0 Å². The van der Waals surface area contributed by atoms with Crippen LogP contribution in [0, 0.1) is 0 Å². The number of aliphatic hydroxyl groups excluding tert-OH is 1. The monoisotopic (exact) mass is 324 g/mol. The minimum absolute atomic E-state index is 0.0316. The maximum atomic E-state index is 12.3. The van der Waals surface area contributed by atoms with Crippen molar-refractivity contribution in [1.29, 1.82) is 0 Å². The van der Waals surface area contributed by atoms with Gasteiger partial charge in [0.05, 0.1) is 29.5 Å². The van der Waals surface area contributed by atoms with Crippen molar-refractivity contribution >= 4 is 15.5 Å². The molecule has 6 nitrogen and oxygen atoms in total. The molecule has 2 aromatic heterocycles. The Morgan fingerprint density at radius 3 is 2.50 bits per heavy atom. The molecule has 0 spiro atoms. The number of nitrogens with zero attached hydrogens (tertiary/aromatic N) is 1. The van der Waals surface area contributed by atoms with E-state index in [1.165, 1.54) is 18.5 Å². The summed E-state index contributed by atoms with van der Waals surface area (Å²) in [5.41, 5.74) is 0.600. The summed E-state index contributed by atoms with van der Waals surface area (Å²) in [5, 5.41) is 12.5.